The SMILES string of the molecule is Clc1ccc(-c2cnc(C3CCCNC3)[nH]2)cc1Cl. The zero-order chi connectivity index (χ0) is 13.2. The summed E-state index contributed by atoms with van der Waals surface area (Å²) in [5.41, 5.74) is 2.00. The van der Waals surface area contributed by atoms with Crippen molar-refractivity contribution in [1.82, 2.24) is 15.3 Å². The maximum absolute atomic E-state index is 6.04. The maximum Gasteiger partial charge on any atom is 0.110 e. The van der Waals surface area contributed by atoms with Crippen LogP contribution < -0.4 is 5.32 Å². The van der Waals surface area contributed by atoms with E-state index in [-0.39, 0.29) is 0 Å². The van der Waals surface area contributed by atoms with Crippen LogP contribution in [0.1, 0.15) is 24.6 Å². The topological polar surface area (TPSA) is 40.7 Å². The molecule has 1 aromatic carbocycles. The summed E-state index contributed by atoms with van der Waals surface area (Å²) in [7, 11) is 0. The molecule has 2 aromatic rings. The summed E-state index contributed by atoms with van der Waals surface area (Å²) >= 11 is 12.0. The van der Waals surface area contributed by atoms with Crippen molar-refractivity contribution in [2.75, 3.05) is 13.1 Å². The average Bonchev–Trinajstić information content (AvgIpc) is 2.93. The third-order valence-electron chi connectivity index (χ3n) is 3.51. The molecular weight excluding hydrogens is 281 g/mol. The first-order valence-electron chi connectivity index (χ1n) is 6.45. The number of H-pyrrole nitrogens is 1. The van der Waals surface area contributed by atoms with Crippen LogP contribution in [-0.4, -0.2) is 23.1 Å². The summed E-state index contributed by atoms with van der Waals surface area (Å²) in [5, 5.41) is 4.54. The number of aromatic amines is 1. The van der Waals surface area contributed by atoms with E-state index in [1.165, 1.54) is 12.8 Å². The second-order valence-electron chi connectivity index (χ2n) is 4.85. The molecule has 0 aliphatic carbocycles. The van der Waals surface area contributed by atoms with Gasteiger partial charge in [-0.1, -0.05) is 29.3 Å². The lowest BCUT2D eigenvalue weighted by Gasteiger charge is -2.20. The van der Waals surface area contributed by atoms with Crippen molar-refractivity contribution in [2.24, 2.45) is 0 Å². The Kier molecular flexibility index (Phi) is 3.78. The second-order valence-corrected chi connectivity index (χ2v) is 5.67. The first kappa shape index (κ1) is 13.0. The van der Waals surface area contributed by atoms with Gasteiger partial charge in [0.05, 0.1) is 21.9 Å². The van der Waals surface area contributed by atoms with Crippen LogP contribution in [0.4, 0.5) is 0 Å². The number of piperidine rings is 1. The van der Waals surface area contributed by atoms with E-state index in [1.807, 2.05) is 24.4 Å². The van der Waals surface area contributed by atoms with E-state index in [9.17, 15) is 0 Å². The molecule has 2 heterocycles. The fraction of sp³-hybridized carbons (Fsp3) is 0.357. The molecule has 0 bridgehead atoms. The van der Waals surface area contributed by atoms with Crippen LogP contribution in [0.3, 0.4) is 0 Å². The fourth-order valence-electron chi connectivity index (χ4n) is 2.44. The normalized spacial score (nSPS) is 19.6. The molecule has 2 N–H and O–H groups in total. The second kappa shape index (κ2) is 5.53. The van der Waals surface area contributed by atoms with E-state index in [1.54, 1.807) is 0 Å². The number of aromatic nitrogens is 2. The Morgan fingerprint density at radius 2 is 2.11 bits per heavy atom. The summed E-state index contributed by atoms with van der Waals surface area (Å²) < 4.78 is 0. The van der Waals surface area contributed by atoms with Gasteiger partial charge < -0.3 is 10.3 Å². The summed E-state index contributed by atoms with van der Waals surface area (Å²) in [5.74, 6) is 1.53. The van der Waals surface area contributed by atoms with Crippen LogP contribution in [0.5, 0.6) is 0 Å². The van der Waals surface area contributed by atoms with Gasteiger partial charge in [-0.3, -0.25) is 0 Å². The molecule has 100 valence electrons. The maximum atomic E-state index is 6.04. The minimum absolute atomic E-state index is 0.477. The van der Waals surface area contributed by atoms with Gasteiger partial charge in [-0.25, -0.2) is 4.98 Å². The smallest absolute Gasteiger partial charge is 0.110 e. The first-order valence-corrected chi connectivity index (χ1v) is 7.20. The number of rotatable bonds is 2. The van der Waals surface area contributed by atoms with Gasteiger partial charge in [-0.05, 0) is 31.5 Å². The minimum atomic E-state index is 0.477. The highest BCUT2D eigenvalue weighted by Gasteiger charge is 2.18. The lowest BCUT2D eigenvalue weighted by molar-refractivity contribution is 0.449. The van der Waals surface area contributed by atoms with Crippen molar-refractivity contribution >= 4 is 23.2 Å². The van der Waals surface area contributed by atoms with Gasteiger partial charge in [-0.2, -0.15) is 0 Å². The number of nitrogens with one attached hydrogen (secondary N) is 2. The van der Waals surface area contributed by atoms with Crippen molar-refractivity contribution in [3.8, 4) is 11.3 Å². The van der Waals surface area contributed by atoms with Gasteiger partial charge in [0.1, 0.15) is 5.82 Å². The van der Waals surface area contributed by atoms with Crippen LogP contribution in [0.2, 0.25) is 10.0 Å². The Bertz CT molecular complexity index is 574. The number of imidazole rings is 1. The average molecular weight is 296 g/mol. The highest BCUT2D eigenvalue weighted by atomic mass is 35.5. The van der Waals surface area contributed by atoms with E-state index in [0.717, 1.165) is 30.2 Å². The summed E-state index contributed by atoms with van der Waals surface area (Å²) in [6.07, 6.45) is 4.25. The van der Waals surface area contributed by atoms with E-state index >= 15 is 0 Å². The van der Waals surface area contributed by atoms with Crippen LogP contribution in [0.25, 0.3) is 11.3 Å². The molecule has 1 unspecified atom stereocenters. The predicted octanol–water partition coefficient (Wildman–Crippen LogP) is 3.85. The van der Waals surface area contributed by atoms with E-state index < -0.39 is 0 Å². The monoisotopic (exact) mass is 295 g/mol. The Balaban J connectivity index is 1.85. The third-order valence-corrected chi connectivity index (χ3v) is 4.25. The molecule has 3 nitrogen and oxygen atoms in total. The Hall–Kier alpha value is -1.03. The van der Waals surface area contributed by atoms with Gasteiger partial charge in [-0.15, -0.1) is 0 Å². The summed E-state index contributed by atoms with van der Waals surface area (Å²) in [4.78, 5) is 7.89. The van der Waals surface area contributed by atoms with Crippen LogP contribution in [0, 0.1) is 0 Å². The number of nitrogens with zero attached hydrogens (tertiary/aromatic N) is 1. The highest BCUT2D eigenvalue weighted by molar-refractivity contribution is 6.42. The molecule has 1 aliphatic rings. The molecule has 5 heteroatoms. The molecular formula is C14H15Cl2N3. The Morgan fingerprint density at radius 1 is 1.21 bits per heavy atom. The molecule has 1 saturated heterocycles. The molecule has 1 aromatic heterocycles. The number of halogens is 2. The first-order chi connectivity index (χ1) is 9.24. The molecule has 0 amide bonds. The zero-order valence-electron chi connectivity index (χ0n) is 10.4. The zero-order valence-corrected chi connectivity index (χ0v) is 11.9. The fourth-order valence-corrected chi connectivity index (χ4v) is 2.74. The molecule has 19 heavy (non-hydrogen) atoms. The molecule has 0 spiro atoms. The highest BCUT2D eigenvalue weighted by Crippen LogP contribution is 2.29. The van der Waals surface area contributed by atoms with Crippen molar-refractivity contribution in [3.63, 3.8) is 0 Å². The van der Waals surface area contributed by atoms with Crippen molar-refractivity contribution in [1.29, 1.82) is 0 Å². The van der Waals surface area contributed by atoms with Gasteiger partial charge in [0.15, 0.2) is 0 Å². The van der Waals surface area contributed by atoms with Crippen molar-refractivity contribution in [2.45, 2.75) is 18.8 Å². The molecule has 1 atom stereocenters. The molecule has 3 rings (SSSR count). The molecule has 0 radical (unpaired) electrons. The van der Waals surface area contributed by atoms with Crippen LogP contribution in [0.15, 0.2) is 24.4 Å². The molecule has 0 saturated carbocycles. The lowest BCUT2D eigenvalue weighted by atomic mass is 9.99. The standard InChI is InChI=1S/C14H15Cl2N3/c15-11-4-3-9(6-12(11)16)13-8-18-14(19-13)10-2-1-5-17-7-10/h3-4,6,8,10,17H,1-2,5,7H2,(H,18,19). The minimum Gasteiger partial charge on any atom is -0.342 e. The number of hydrogen-bond acceptors (Lipinski definition) is 2. The molecule has 1 fully saturated rings. The van der Waals surface area contributed by atoms with Crippen molar-refractivity contribution in [3.05, 3.63) is 40.3 Å². The van der Waals surface area contributed by atoms with Crippen molar-refractivity contribution < 1.29 is 0 Å². The predicted molar refractivity (Wildman–Crippen MR) is 78.9 cm³/mol. The van der Waals surface area contributed by atoms with E-state index in [2.05, 4.69) is 15.3 Å². The Labute approximate surface area is 122 Å². The van der Waals surface area contributed by atoms with Gasteiger partial charge in [0.25, 0.3) is 0 Å². The van der Waals surface area contributed by atoms with Crippen LogP contribution >= 0.6 is 23.2 Å². The lowest BCUT2D eigenvalue weighted by Crippen LogP contribution is -2.28. The van der Waals surface area contributed by atoms with Gasteiger partial charge in [0, 0.05) is 18.0 Å². The largest absolute Gasteiger partial charge is 0.342 e. The third kappa shape index (κ3) is 2.78. The van der Waals surface area contributed by atoms with Gasteiger partial charge >= 0.3 is 0 Å². The van der Waals surface area contributed by atoms with E-state index in [0.29, 0.717) is 16.0 Å². The summed E-state index contributed by atoms with van der Waals surface area (Å²) in [6, 6.07) is 5.62. The molecule has 1 aliphatic heterocycles. The quantitative estimate of drug-likeness (QED) is 0.883. The van der Waals surface area contributed by atoms with E-state index in [4.69, 9.17) is 23.2 Å². The number of benzene rings is 1. The van der Waals surface area contributed by atoms with Crippen LogP contribution in [-0.2, 0) is 0 Å². The Morgan fingerprint density at radius 3 is 2.84 bits per heavy atom. The number of hydrogen-bond donors (Lipinski definition) is 2. The van der Waals surface area contributed by atoms with Gasteiger partial charge in [0.2, 0.25) is 0 Å². The summed E-state index contributed by atoms with van der Waals surface area (Å²) in [6.45, 7) is 2.10.